The van der Waals surface area contributed by atoms with Gasteiger partial charge in [-0.3, -0.25) is 0 Å². The molecule has 0 amide bonds. The summed E-state index contributed by atoms with van der Waals surface area (Å²) < 4.78 is 5.66. The summed E-state index contributed by atoms with van der Waals surface area (Å²) in [4.78, 5) is 0. The van der Waals surface area contributed by atoms with Crippen LogP contribution in [0.1, 0.15) is 0 Å². The van der Waals surface area contributed by atoms with Gasteiger partial charge in [0.2, 0.25) is 0 Å². The molecule has 0 heterocycles. The standard InChI is InChI=1S/C10H12O2/c1-12-10-6-3-7(10)5-8(10)4(6)9(3,5)2-11/h3-8,11H,2H2,1H3. The van der Waals surface area contributed by atoms with Gasteiger partial charge in [0.15, 0.2) is 0 Å². The summed E-state index contributed by atoms with van der Waals surface area (Å²) in [6.45, 7) is 0.469. The number of aliphatic hydroxyl groups excluding tert-OH is 1. The molecule has 0 radical (unpaired) electrons. The highest BCUT2D eigenvalue weighted by atomic mass is 16.5. The molecule has 0 aliphatic heterocycles. The number of rotatable bonds is 2. The van der Waals surface area contributed by atoms with E-state index in [-0.39, 0.29) is 0 Å². The van der Waals surface area contributed by atoms with E-state index < -0.39 is 0 Å². The van der Waals surface area contributed by atoms with Crippen molar-refractivity contribution in [3.05, 3.63) is 0 Å². The lowest BCUT2D eigenvalue weighted by molar-refractivity contribution is -0.666. The monoisotopic (exact) mass is 164 g/mol. The van der Waals surface area contributed by atoms with E-state index in [0.29, 0.717) is 17.6 Å². The molecule has 2 heteroatoms. The fourth-order valence-corrected chi connectivity index (χ4v) is 6.38. The van der Waals surface area contributed by atoms with Crippen molar-refractivity contribution in [3.63, 3.8) is 0 Å². The van der Waals surface area contributed by atoms with Crippen molar-refractivity contribution in [2.24, 2.45) is 40.9 Å². The Hall–Kier alpha value is -0.0800. The van der Waals surface area contributed by atoms with E-state index in [0.717, 1.165) is 35.5 Å². The topological polar surface area (TPSA) is 29.5 Å². The van der Waals surface area contributed by atoms with Crippen LogP contribution >= 0.6 is 0 Å². The zero-order chi connectivity index (χ0) is 7.88. The minimum atomic E-state index is 0.372. The molecular weight excluding hydrogens is 152 g/mol. The molecule has 0 saturated heterocycles. The van der Waals surface area contributed by atoms with Gasteiger partial charge in [-0.15, -0.1) is 0 Å². The zero-order valence-electron chi connectivity index (χ0n) is 7.03. The van der Waals surface area contributed by atoms with E-state index in [1.54, 1.807) is 0 Å². The number of aliphatic hydroxyl groups is 1. The van der Waals surface area contributed by atoms with Crippen molar-refractivity contribution in [2.45, 2.75) is 5.60 Å². The predicted octanol–water partition coefficient (Wildman–Crippen LogP) is 0.115. The van der Waals surface area contributed by atoms with Crippen molar-refractivity contribution in [2.75, 3.05) is 13.7 Å². The molecule has 0 spiro atoms. The zero-order valence-corrected chi connectivity index (χ0v) is 7.03. The first-order valence-electron chi connectivity index (χ1n) is 5.01. The molecule has 6 aliphatic rings. The van der Waals surface area contributed by atoms with Gasteiger partial charge in [0.25, 0.3) is 0 Å². The highest BCUT2D eigenvalue weighted by molar-refractivity contribution is 5.57. The molecule has 12 heavy (non-hydrogen) atoms. The average molecular weight is 164 g/mol. The normalized spacial score (nSPS) is 88.5. The molecule has 0 aromatic carbocycles. The van der Waals surface area contributed by atoms with Crippen LogP contribution in [0.3, 0.4) is 0 Å². The third-order valence-corrected chi connectivity index (χ3v) is 6.37. The second-order valence-corrected chi connectivity index (χ2v) is 5.48. The lowest BCUT2D eigenvalue weighted by Gasteiger charge is -3.10. The highest BCUT2D eigenvalue weighted by Gasteiger charge is 3.10. The molecule has 0 unspecified atom stereocenters. The van der Waals surface area contributed by atoms with Gasteiger partial charge in [0, 0.05) is 19.1 Å². The van der Waals surface area contributed by atoms with Crippen LogP contribution in [0.25, 0.3) is 0 Å². The van der Waals surface area contributed by atoms with Crippen LogP contribution < -0.4 is 0 Å². The Morgan fingerprint density at radius 1 is 1.08 bits per heavy atom. The van der Waals surface area contributed by atoms with E-state index in [1.807, 2.05) is 7.11 Å². The first-order chi connectivity index (χ1) is 5.85. The lowest BCUT2D eigenvalue weighted by atomic mass is 8.95. The molecule has 6 aliphatic carbocycles. The molecule has 2 nitrogen and oxygen atoms in total. The summed E-state index contributed by atoms with van der Waals surface area (Å²) in [5.41, 5.74) is 0.831. The summed E-state index contributed by atoms with van der Waals surface area (Å²) in [5.74, 6) is 5.33. The van der Waals surface area contributed by atoms with Gasteiger partial charge in [-0.2, -0.15) is 0 Å². The molecule has 0 aromatic heterocycles. The maximum Gasteiger partial charge on any atom is 0.0780 e. The van der Waals surface area contributed by atoms with E-state index in [2.05, 4.69) is 0 Å². The molecule has 1 N–H and O–H groups in total. The fraction of sp³-hybridized carbons (Fsp3) is 1.00. The molecule has 0 bridgehead atoms. The first kappa shape index (κ1) is 5.61. The SMILES string of the molecule is COC12C3C4C1C1C2C3C41CO. The molecule has 6 saturated carbocycles. The summed E-state index contributed by atoms with van der Waals surface area (Å²) in [6.07, 6.45) is 0. The van der Waals surface area contributed by atoms with Crippen molar-refractivity contribution >= 4 is 0 Å². The quantitative estimate of drug-likeness (QED) is 0.628. The van der Waals surface area contributed by atoms with E-state index >= 15 is 0 Å². The van der Waals surface area contributed by atoms with E-state index in [4.69, 9.17) is 4.74 Å². The maximum absolute atomic E-state index is 9.33. The Morgan fingerprint density at radius 2 is 1.58 bits per heavy atom. The van der Waals surface area contributed by atoms with Gasteiger partial charge in [-0.25, -0.2) is 0 Å². The Kier molecular flexibility index (Phi) is 0.493. The van der Waals surface area contributed by atoms with Crippen LogP contribution in [0.4, 0.5) is 0 Å². The van der Waals surface area contributed by atoms with Crippen LogP contribution in [0.15, 0.2) is 0 Å². The number of hydrogen-bond donors (Lipinski definition) is 1. The summed E-state index contributed by atoms with van der Waals surface area (Å²) >= 11 is 0. The minimum Gasteiger partial charge on any atom is -0.396 e. The molecule has 64 valence electrons. The van der Waals surface area contributed by atoms with Gasteiger partial charge in [-0.05, 0) is 35.5 Å². The number of ether oxygens (including phenoxy) is 1. The summed E-state index contributed by atoms with van der Waals surface area (Å²) in [5, 5.41) is 9.33. The summed E-state index contributed by atoms with van der Waals surface area (Å²) in [6, 6.07) is 0. The van der Waals surface area contributed by atoms with Gasteiger partial charge in [0.05, 0.1) is 5.60 Å². The van der Waals surface area contributed by atoms with E-state index in [9.17, 15) is 5.11 Å². The smallest absolute Gasteiger partial charge is 0.0780 e. The predicted molar refractivity (Wildman–Crippen MR) is 40.2 cm³/mol. The van der Waals surface area contributed by atoms with Crippen LogP contribution in [-0.4, -0.2) is 24.4 Å². The molecular formula is C10H12O2. The van der Waals surface area contributed by atoms with Crippen LogP contribution in [0.5, 0.6) is 0 Å². The van der Waals surface area contributed by atoms with Crippen molar-refractivity contribution in [1.82, 2.24) is 0 Å². The van der Waals surface area contributed by atoms with Gasteiger partial charge in [-0.1, -0.05) is 0 Å². The van der Waals surface area contributed by atoms with Gasteiger partial charge < -0.3 is 9.84 Å². The third kappa shape index (κ3) is 0.182. The van der Waals surface area contributed by atoms with Crippen LogP contribution in [0.2, 0.25) is 0 Å². The Balaban J connectivity index is 1.67. The number of methoxy groups -OCH3 is 1. The Labute approximate surface area is 70.9 Å². The molecule has 6 fully saturated rings. The van der Waals surface area contributed by atoms with Crippen molar-refractivity contribution < 1.29 is 9.84 Å². The van der Waals surface area contributed by atoms with Crippen LogP contribution in [0, 0.1) is 40.9 Å². The maximum atomic E-state index is 9.33. The second kappa shape index (κ2) is 1.05. The van der Waals surface area contributed by atoms with Crippen molar-refractivity contribution in [1.29, 1.82) is 0 Å². The Bertz CT molecular complexity index is 236. The lowest BCUT2D eigenvalue weighted by Crippen LogP contribution is -3.13. The summed E-state index contributed by atoms with van der Waals surface area (Å²) in [7, 11) is 1.88. The average Bonchev–Trinajstić information content (AvgIpc) is 2.17. The highest BCUT2D eigenvalue weighted by Crippen LogP contribution is 3.07. The molecule has 0 atom stereocenters. The van der Waals surface area contributed by atoms with Crippen molar-refractivity contribution in [3.8, 4) is 0 Å². The van der Waals surface area contributed by atoms with E-state index in [1.165, 1.54) is 0 Å². The second-order valence-electron chi connectivity index (χ2n) is 5.48. The van der Waals surface area contributed by atoms with Gasteiger partial charge >= 0.3 is 0 Å². The molecule has 0 aromatic rings. The molecule has 6 rings (SSSR count). The largest absolute Gasteiger partial charge is 0.396 e. The Morgan fingerprint density at radius 3 is 1.92 bits per heavy atom. The number of hydrogen-bond acceptors (Lipinski definition) is 2. The van der Waals surface area contributed by atoms with Crippen LogP contribution in [-0.2, 0) is 4.74 Å². The third-order valence-electron chi connectivity index (χ3n) is 6.37. The minimum absolute atomic E-state index is 0.372. The first-order valence-corrected chi connectivity index (χ1v) is 5.01. The van der Waals surface area contributed by atoms with Gasteiger partial charge in [0.1, 0.15) is 0 Å². The fourth-order valence-electron chi connectivity index (χ4n) is 6.38.